The molecule has 1 atom stereocenters. The number of urea groups is 1. The molecule has 5 aromatic rings. The van der Waals surface area contributed by atoms with Gasteiger partial charge in [0.2, 0.25) is 11.8 Å². The molecule has 0 aliphatic carbocycles. The van der Waals surface area contributed by atoms with Crippen LogP contribution in [0.15, 0.2) is 67.0 Å². The van der Waals surface area contributed by atoms with Crippen LogP contribution in [0.25, 0.3) is 33.3 Å². The minimum atomic E-state index is -0.695. The van der Waals surface area contributed by atoms with E-state index in [0.717, 1.165) is 57.5 Å². The lowest BCUT2D eigenvalue weighted by atomic mass is 9.99. The number of carbonyl (C=O) groups is 5. The summed E-state index contributed by atoms with van der Waals surface area (Å²) < 4.78 is 7.96. The van der Waals surface area contributed by atoms with Crippen LogP contribution in [0.2, 0.25) is 0 Å². The lowest BCUT2D eigenvalue weighted by Gasteiger charge is -2.30. The van der Waals surface area contributed by atoms with Gasteiger partial charge < -0.3 is 29.7 Å². The van der Waals surface area contributed by atoms with E-state index in [1.165, 1.54) is 4.90 Å². The average Bonchev–Trinajstić information content (AvgIpc) is 3.83. The number of imidazole rings is 1. The van der Waals surface area contributed by atoms with Crippen LogP contribution in [0.4, 0.5) is 4.79 Å². The van der Waals surface area contributed by atoms with Crippen LogP contribution in [0.1, 0.15) is 81.5 Å². The van der Waals surface area contributed by atoms with E-state index in [1.54, 1.807) is 31.4 Å². The predicted octanol–water partition coefficient (Wildman–Crippen LogP) is 4.14. The number of hydrogen-bond donors (Lipinski definition) is 3. The molecule has 60 heavy (non-hydrogen) atoms. The van der Waals surface area contributed by atoms with Gasteiger partial charge in [0.15, 0.2) is 0 Å². The number of amides is 6. The first-order chi connectivity index (χ1) is 29.3. The summed E-state index contributed by atoms with van der Waals surface area (Å²) in [6.07, 6.45) is 6.17. The highest BCUT2D eigenvalue weighted by atomic mass is 16.5. The molecule has 0 saturated carbocycles. The Hall–Kier alpha value is -6.92. The van der Waals surface area contributed by atoms with Gasteiger partial charge in [-0.3, -0.25) is 34.5 Å². The fourth-order valence-corrected chi connectivity index (χ4v) is 8.62. The van der Waals surface area contributed by atoms with Gasteiger partial charge in [0.05, 0.1) is 23.6 Å². The number of rotatable bonds is 7. The van der Waals surface area contributed by atoms with Gasteiger partial charge in [0, 0.05) is 105 Å². The summed E-state index contributed by atoms with van der Waals surface area (Å²) in [5, 5.41) is 9.89. The number of aromatic nitrogens is 4. The van der Waals surface area contributed by atoms with Crippen molar-refractivity contribution in [2.24, 2.45) is 0 Å². The first-order valence-corrected chi connectivity index (χ1v) is 20.3. The van der Waals surface area contributed by atoms with Crippen LogP contribution in [-0.2, 0) is 34.0 Å². The molecular weight excluding hydrogens is 763 g/mol. The topological polar surface area (TPSA) is 181 Å². The molecule has 15 heteroatoms. The number of hydrogen-bond acceptors (Lipinski definition) is 9. The van der Waals surface area contributed by atoms with E-state index in [4.69, 9.17) is 14.7 Å². The van der Waals surface area contributed by atoms with E-state index >= 15 is 0 Å². The van der Waals surface area contributed by atoms with Crippen molar-refractivity contribution in [3.8, 4) is 34.4 Å². The van der Waals surface area contributed by atoms with E-state index in [1.807, 2.05) is 41.4 Å². The molecule has 2 saturated heterocycles. The molecule has 2 fully saturated rings. The number of pyridine rings is 2. The summed E-state index contributed by atoms with van der Waals surface area (Å²) in [5.74, 6) is 6.20. The summed E-state index contributed by atoms with van der Waals surface area (Å²) in [4.78, 5) is 80.7. The smallest absolute Gasteiger partial charge is 0.317 e. The summed E-state index contributed by atoms with van der Waals surface area (Å²) in [6.45, 7) is 3.71. The lowest BCUT2D eigenvalue weighted by Crippen LogP contribution is -2.52. The van der Waals surface area contributed by atoms with Crippen LogP contribution in [0.3, 0.4) is 0 Å². The third kappa shape index (κ3) is 7.34. The number of carbonyl (C=O) groups excluding carboxylic acids is 5. The van der Waals surface area contributed by atoms with Crippen molar-refractivity contribution in [2.75, 3.05) is 33.4 Å². The van der Waals surface area contributed by atoms with Gasteiger partial charge in [-0.15, -0.1) is 0 Å². The standard InChI is InChI=1S/C45H43N9O6/c1-46-45(59)52-18-19-53-38(26-52)40(51-41(53)28-15-20-60-21-16-28)31-9-5-8-29-22-36(49-24-33(29)31)30-11-12-35(48-23-30)42(56)47-17-3-2-6-27-7-4-10-32-34(27)25-54(44(32)58)37-13-14-39(55)50-43(37)57/h4-5,7-12,22-24,28,37H,3,13-21,25-26H2,1H3,(H,46,59)(H,47,56)(H,50,55,57). The summed E-state index contributed by atoms with van der Waals surface area (Å²) in [5.41, 5.74) is 6.52. The maximum atomic E-state index is 13.1. The zero-order chi connectivity index (χ0) is 41.3. The molecule has 0 spiro atoms. The van der Waals surface area contributed by atoms with Gasteiger partial charge in [0.25, 0.3) is 11.8 Å². The molecule has 15 nitrogen and oxygen atoms in total. The van der Waals surface area contributed by atoms with Gasteiger partial charge in [0.1, 0.15) is 17.6 Å². The second kappa shape index (κ2) is 16.4. The van der Waals surface area contributed by atoms with Gasteiger partial charge in [-0.05, 0) is 60.5 Å². The average molecular weight is 806 g/mol. The number of benzene rings is 2. The third-order valence-corrected chi connectivity index (χ3v) is 11.8. The van der Waals surface area contributed by atoms with Gasteiger partial charge in [-0.25, -0.2) is 9.78 Å². The van der Waals surface area contributed by atoms with Crippen molar-refractivity contribution < 1.29 is 28.7 Å². The Bertz CT molecular complexity index is 2620. The molecule has 1 unspecified atom stereocenters. The molecular formula is C45H43N9O6. The number of nitrogens with zero attached hydrogens (tertiary/aromatic N) is 6. The van der Waals surface area contributed by atoms with Crippen LogP contribution < -0.4 is 16.0 Å². The van der Waals surface area contributed by atoms with E-state index in [2.05, 4.69) is 43.4 Å². The molecule has 7 heterocycles. The van der Waals surface area contributed by atoms with Gasteiger partial charge in [-0.2, -0.15) is 0 Å². The second-order valence-corrected chi connectivity index (χ2v) is 15.3. The monoisotopic (exact) mass is 805 g/mol. The maximum Gasteiger partial charge on any atom is 0.317 e. The van der Waals surface area contributed by atoms with Crippen molar-refractivity contribution >= 4 is 40.4 Å². The molecule has 3 N–H and O–H groups in total. The van der Waals surface area contributed by atoms with E-state index in [-0.39, 0.29) is 42.4 Å². The Morgan fingerprint density at radius 3 is 2.58 bits per heavy atom. The molecule has 304 valence electrons. The van der Waals surface area contributed by atoms with E-state index in [0.29, 0.717) is 75.0 Å². The van der Waals surface area contributed by atoms with E-state index in [9.17, 15) is 24.0 Å². The molecule has 4 aliphatic heterocycles. The highest BCUT2D eigenvalue weighted by Gasteiger charge is 2.40. The summed E-state index contributed by atoms with van der Waals surface area (Å²) in [7, 11) is 1.65. The first kappa shape index (κ1) is 38.6. The minimum absolute atomic E-state index is 0.109. The Morgan fingerprint density at radius 1 is 0.950 bits per heavy atom. The van der Waals surface area contributed by atoms with Crippen LogP contribution in [0, 0.1) is 11.8 Å². The Morgan fingerprint density at radius 2 is 1.78 bits per heavy atom. The molecule has 2 aromatic carbocycles. The molecule has 0 bridgehead atoms. The number of nitrogens with one attached hydrogen (secondary N) is 3. The fraction of sp³-hybridized carbons (Fsp3) is 0.333. The zero-order valence-electron chi connectivity index (χ0n) is 33.1. The highest BCUT2D eigenvalue weighted by Crippen LogP contribution is 2.38. The van der Waals surface area contributed by atoms with Gasteiger partial charge >= 0.3 is 6.03 Å². The van der Waals surface area contributed by atoms with Crippen LogP contribution in [-0.4, -0.2) is 98.4 Å². The number of imide groups is 1. The van der Waals surface area contributed by atoms with Crippen molar-refractivity contribution in [3.05, 3.63) is 101 Å². The number of fused-ring (bicyclic) bond motifs is 3. The summed E-state index contributed by atoms with van der Waals surface area (Å²) in [6, 6.07) is 16.1. The molecule has 0 radical (unpaired) electrons. The zero-order valence-corrected chi connectivity index (χ0v) is 33.1. The predicted molar refractivity (Wildman–Crippen MR) is 220 cm³/mol. The lowest BCUT2D eigenvalue weighted by molar-refractivity contribution is -0.136. The van der Waals surface area contributed by atoms with Crippen molar-refractivity contribution in [1.82, 2.24) is 45.3 Å². The van der Waals surface area contributed by atoms with Crippen molar-refractivity contribution in [2.45, 2.75) is 63.7 Å². The normalized spacial score (nSPS) is 17.8. The Balaban J connectivity index is 0.861. The largest absolute Gasteiger partial charge is 0.381 e. The number of piperidine rings is 1. The quantitative estimate of drug-likeness (QED) is 0.124. The highest BCUT2D eigenvalue weighted by molar-refractivity contribution is 6.05. The molecule has 9 rings (SSSR count). The van der Waals surface area contributed by atoms with Crippen LogP contribution >= 0.6 is 0 Å². The third-order valence-electron chi connectivity index (χ3n) is 11.8. The van der Waals surface area contributed by atoms with E-state index < -0.39 is 11.9 Å². The van der Waals surface area contributed by atoms with Gasteiger partial charge in [-0.1, -0.05) is 36.1 Å². The van der Waals surface area contributed by atoms with Crippen LogP contribution in [0.5, 0.6) is 0 Å². The Labute approximate surface area is 345 Å². The minimum Gasteiger partial charge on any atom is -0.381 e. The maximum absolute atomic E-state index is 13.1. The molecule has 3 aromatic heterocycles. The number of ether oxygens (including phenoxy) is 1. The fourth-order valence-electron chi connectivity index (χ4n) is 8.62. The SMILES string of the molecule is CNC(=O)N1CCn2c(C3CCOCC3)nc(-c3cccc4cc(-c5ccc(C(=O)NCCC#Cc6cccc7c6CN(C6CCC(=O)NC6=O)C7=O)nc5)ncc34)c2C1. The molecule has 4 aliphatic rings. The second-order valence-electron chi connectivity index (χ2n) is 15.3. The first-order valence-electron chi connectivity index (χ1n) is 20.3. The van der Waals surface area contributed by atoms with Crippen molar-refractivity contribution in [3.63, 3.8) is 0 Å². The Kier molecular flexibility index (Phi) is 10.5. The van der Waals surface area contributed by atoms with Crippen molar-refractivity contribution in [1.29, 1.82) is 0 Å². The molecule has 6 amide bonds. The summed E-state index contributed by atoms with van der Waals surface area (Å²) >= 11 is 0.